The van der Waals surface area contributed by atoms with E-state index in [0.717, 1.165) is 44.2 Å². The van der Waals surface area contributed by atoms with Crippen LogP contribution in [0.25, 0.3) is 0 Å². The van der Waals surface area contributed by atoms with Gasteiger partial charge in [0.15, 0.2) is 6.61 Å². The summed E-state index contributed by atoms with van der Waals surface area (Å²) < 4.78 is 5.44. The molecular formula is C23H27NO3S. The van der Waals surface area contributed by atoms with E-state index in [9.17, 15) is 9.59 Å². The van der Waals surface area contributed by atoms with Crippen LogP contribution in [0, 0.1) is 0 Å². The summed E-state index contributed by atoms with van der Waals surface area (Å²) >= 11 is 1.53. The lowest BCUT2D eigenvalue weighted by atomic mass is 9.93. The first-order valence-electron chi connectivity index (χ1n) is 10.4. The Morgan fingerprint density at radius 1 is 1.00 bits per heavy atom. The SMILES string of the molecule is O=C(OCC(=O)N(c1ccccc1)C1CCCCC1)c1cc2c(s1)CCCC2. The number of anilines is 1. The molecule has 0 atom stereocenters. The second-order valence-corrected chi connectivity index (χ2v) is 8.87. The molecule has 0 radical (unpaired) electrons. The van der Waals surface area contributed by atoms with Crippen LogP contribution in [-0.4, -0.2) is 24.5 Å². The average Bonchev–Trinajstić information content (AvgIpc) is 3.18. The maximum atomic E-state index is 13.0. The number of nitrogens with zero attached hydrogens (tertiary/aromatic N) is 1. The molecule has 0 bridgehead atoms. The van der Waals surface area contributed by atoms with Gasteiger partial charge in [-0.25, -0.2) is 4.79 Å². The predicted molar refractivity (Wildman–Crippen MR) is 112 cm³/mol. The van der Waals surface area contributed by atoms with Gasteiger partial charge in [-0.2, -0.15) is 0 Å². The lowest BCUT2D eigenvalue weighted by Crippen LogP contribution is -2.43. The number of fused-ring (bicyclic) bond motifs is 1. The topological polar surface area (TPSA) is 46.6 Å². The molecule has 1 saturated carbocycles. The summed E-state index contributed by atoms with van der Waals surface area (Å²) in [5.41, 5.74) is 2.17. The molecule has 28 heavy (non-hydrogen) atoms. The highest BCUT2D eigenvalue weighted by molar-refractivity contribution is 7.14. The molecule has 1 aromatic carbocycles. The minimum Gasteiger partial charge on any atom is -0.451 e. The fraction of sp³-hybridized carbons (Fsp3) is 0.478. The lowest BCUT2D eigenvalue weighted by molar-refractivity contribution is -0.122. The van der Waals surface area contributed by atoms with Gasteiger partial charge >= 0.3 is 5.97 Å². The molecule has 0 unspecified atom stereocenters. The number of hydrogen-bond donors (Lipinski definition) is 0. The standard InChI is InChI=1S/C23H27NO3S/c25-22(16-27-23(26)21-15-17-9-7-8-14-20(17)28-21)24(18-10-3-1-4-11-18)19-12-5-2-6-13-19/h1,3-4,10-11,15,19H,2,5-9,12-14,16H2. The van der Waals surface area contributed by atoms with E-state index in [-0.39, 0.29) is 24.5 Å². The van der Waals surface area contributed by atoms with Crippen LogP contribution in [0.4, 0.5) is 5.69 Å². The van der Waals surface area contributed by atoms with Crippen molar-refractivity contribution < 1.29 is 14.3 Å². The van der Waals surface area contributed by atoms with E-state index < -0.39 is 0 Å². The Morgan fingerprint density at radius 3 is 2.50 bits per heavy atom. The molecule has 0 aliphatic heterocycles. The molecule has 2 aliphatic carbocycles. The summed E-state index contributed by atoms with van der Waals surface area (Å²) in [6.45, 7) is -0.202. The summed E-state index contributed by atoms with van der Waals surface area (Å²) in [5.74, 6) is -0.503. The van der Waals surface area contributed by atoms with Crippen LogP contribution in [0.1, 0.15) is 65.1 Å². The first-order chi connectivity index (χ1) is 13.7. The number of aryl methyl sites for hydroxylation is 2. The van der Waals surface area contributed by atoms with Gasteiger partial charge in [0.05, 0.1) is 0 Å². The molecule has 1 fully saturated rings. The van der Waals surface area contributed by atoms with Crippen molar-refractivity contribution >= 4 is 28.9 Å². The monoisotopic (exact) mass is 397 g/mol. The third-order valence-corrected chi connectivity index (χ3v) is 6.98. The Hall–Kier alpha value is -2.14. The van der Waals surface area contributed by atoms with E-state index in [1.807, 2.05) is 41.3 Å². The third kappa shape index (κ3) is 4.30. The fourth-order valence-corrected chi connectivity index (χ4v) is 5.49. The number of rotatable bonds is 5. The number of esters is 1. The zero-order chi connectivity index (χ0) is 19.3. The minimum atomic E-state index is -0.371. The third-order valence-electron chi connectivity index (χ3n) is 5.77. The van der Waals surface area contributed by atoms with Crippen LogP contribution in [-0.2, 0) is 22.4 Å². The summed E-state index contributed by atoms with van der Waals surface area (Å²) in [6, 6.07) is 11.9. The molecule has 148 valence electrons. The Bertz CT molecular complexity index is 800. The predicted octanol–water partition coefficient (Wildman–Crippen LogP) is 5.15. The number of amides is 1. The van der Waals surface area contributed by atoms with E-state index in [1.54, 1.807) is 0 Å². The van der Waals surface area contributed by atoms with Gasteiger partial charge in [-0.1, -0.05) is 37.5 Å². The molecule has 0 saturated heterocycles. The van der Waals surface area contributed by atoms with Crippen LogP contribution < -0.4 is 4.90 Å². The Labute approximate surface area is 170 Å². The molecule has 0 spiro atoms. The van der Waals surface area contributed by atoms with Crippen molar-refractivity contribution in [3.05, 3.63) is 51.7 Å². The van der Waals surface area contributed by atoms with Gasteiger partial charge in [-0.3, -0.25) is 4.79 Å². The van der Waals surface area contributed by atoms with Crippen molar-refractivity contribution in [1.82, 2.24) is 0 Å². The quantitative estimate of drug-likeness (QED) is 0.656. The first kappa shape index (κ1) is 19.2. The van der Waals surface area contributed by atoms with Crippen LogP contribution in [0.15, 0.2) is 36.4 Å². The smallest absolute Gasteiger partial charge is 0.348 e. The van der Waals surface area contributed by atoms with E-state index in [4.69, 9.17) is 4.74 Å². The largest absolute Gasteiger partial charge is 0.451 e. The van der Waals surface area contributed by atoms with Crippen molar-refractivity contribution in [2.24, 2.45) is 0 Å². The Kier molecular flexibility index (Phi) is 6.10. The number of benzene rings is 1. The number of para-hydroxylation sites is 1. The van der Waals surface area contributed by atoms with Gasteiger partial charge in [0, 0.05) is 16.6 Å². The van der Waals surface area contributed by atoms with Gasteiger partial charge < -0.3 is 9.64 Å². The maximum absolute atomic E-state index is 13.0. The number of ether oxygens (including phenoxy) is 1. The lowest BCUT2D eigenvalue weighted by Gasteiger charge is -2.34. The van der Waals surface area contributed by atoms with Gasteiger partial charge in [-0.15, -0.1) is 11.3 Å². The molecular weight excluding hydrogens is 370 g/mol. The van der Waals surface area contributed by atoms with Gasteiger partial charge in [0.1, 0.15) is 4.88 Å². The van der Waals surface area contributed by atoms with Crippen molar-refractivity contribution in [2.45, 2.75) is 63.8 Å². The highest BCUT2D eigenvalue weighted by Gasteiger charge is 2.28. The van der Waals surface area contributed by atoms with Crippen LogP contribution in [0.2, 0.25) is 0 Å². The number of thiophene rings is 1. The zero-order valence-corrected chi connectivity index (χ0v) is 17.0. The molecule has 1 aromatic heterocycles. The van der Waals surface area contributed by atoms with Crippen molar-refractivity contribution in [3.8, 4) is 0 Å². The molecule has 1 heterocycles. The number of hydrogen-bond acceptors (Lipinski definition) is 4. The number of carbonyl (C=O) groups is 2. The average molecular weight is 398 g/mol. The second-order valence-electron chi connectivity index (χ2n) is 7.73. The summed E-state index contributed by atoms with van der Waals surface area (Å²) in [4.78, 5) is 29.3. The van der Waals surface area contributed by atoms with E-state index in [0.29, 0.717) is 4.88 Å². The first-order valence-corrected chi connectivity index (χ1v) is 11.2. The Balaban J connectivity index is 1.43. The summed E-state index contributed by atoms with van der Waals surface area (Å²) in [5, 5.41) is 0. The minimum absolute atomic E-state index is 0.132. The molecule has 0 N–H and O–H groups in total. The highest BCUT2D eigenvalue weighted by Crippen LogP contribution is 2.30. The second kappa shape index (κ2) is 8.91. The summed E-state index contributed by atoms with van der Waals surface area (Å²) in [6.07, 6.45) is 9.99. The van der Waals surface area contributed by atoms with Gasteiger partial charge in [0.25, 0.3) is 5.91 Å². The molecule has 2 aromatic rings. The van der Waals surface area contributed by atoms with E-state index in [2.05, 4.69) is 0 Å². The normalized spacial score (nSPS) is 17.0. The Morgan fingerprint density at radius 2 is 1.75 bits per heavy atom. The van der Waals surface area contributed by atoms with Crippen molar-refractivity contribution in [3.63, 3.8) is 0 Å². The fourth-order valence-electron chi connectivity index (χ4n) is 4.35. The molecule has 1 amide bonds. The number of carbonyl (C=O) groups excluding carboxylic acids is 2. The molecule has 4 nitrogen and oxygen atoms in total. The van der Waals surface area contributed by atoms with Gasteiger partial charge in [-0.05, 0) is 62.3 Å². The van der Waals surface area contributed by atoms with Crippen molar-refractivity contribution in [2.75, 3.05) is 11.5 Å². The highest BCUT2D eigenvalue weighted by atomic mass is 32.1. The van der Waals surface area contributed by atoms with E-state index in [1.165, 1.54) is 41.0 Å². The van der Waals surface area contributed by atoms with Gasteiger partial charge in [0.2, 0.25) is 0 Å². The van der Waals surface area contributed by atoms with Crippen LogP contribution in [0.3, 0.4) is 0 Å². The maximum Gasteiger partial charge on any atom is 0.348 e. The van der Waals surface area contributed by atoms with Crippen LogP contribution in [0.5, 0.6) is 0 Å². The molecule has 4 rings (SSSR count). The molecule has 2 aliphatic rings. The molecule has 5 heteroatoms. The van der Waals surface area contributed by atoms with Crippen LogP contribution >= 0.6 is 11.3 Å². The summed E-state index contributed by atoms with van der Waals surface area (Å²) in [7, 11) is 0. The zero-order valence-electron chi connectivity index (χ0n) is 16.2. The van der Waals surface area contributed by atoms with Crippen molar-refractivity contribution in [1.29, 1.82) is 0 Å². The van der Waals surface area contributed by atoms with E-state index >= 15 is 0 Å².